The molecule has 174 valence electrons. The van der Waals surface area contributed by atoms with Crippen LogP contribution < -0.4 is 10.2 Å². The Morgan fingerprint density at radius 3 is 2.94 bits per heavy atom. The van der Waals surface area contributed by atoms with E-state index < -0.39 is 0 Å². The van der Waals surface area contributed by atoms with Crippen LogP contribution in [-0.2, 0) is 19.5 Å². The lowest BCUT2D eigenvalue weighted by Crippen LogP contribution is -2.65. The van der Waals surface area contributed by atoms with Gasteiger partial charge in [-0.3, -0.25) is 14.8 Å². The van der Waals surface area contributed by atoms with Crippen LogP contribution in [0.1, 0.15) is 29.2 Å². The third-order valence-corrected chi connectivity index (χ3v) is 7.94. The normalized spacial score (nSPS) is 23.4. The highest BCUT2D eigenvalue weighted by atomic mass is 15.4. The lowest BCUT2D eigenvalue weighted by molar-refractivity contribution is 0.0316. The van der Waals surface area contributed by atoms with E-state index in [-0.39, 0.29) is 0 Å². The maximum atomic E-state index is 9.54. The van der Waals surface area contributed by atoms with E-state index in [1.807, 2.05) is 12.1 Å². The van der Waals surface area contributed by atoms with Crippen molar-refractivity contribution in [1.29, 1.82) is 5.26 Å². The molecule has 6 rings (SSSR count). The van der Waals surface area contributed by atoms with E-state index in [1.165, 1.54) is 22.4 Å². The Bertz CT molecular complexity index is 1250. The Balaban J connectivity index is 1.23. The summed E-state index contributed by atoms with van der Waals surface area (Å²) in [5.74, 6) is 0. The largest absolute Gasteiger partial charge is 0.368 e. The van der Waals surface area contributed by atoms with Crippen LogP contribution in [0.4, 0.5) is 5.69 Å². The second kappa shape index (κ2) is 8.99. The SMILES string of the molecule is C[C@@H]1CN(c2ccc(C#N)c3ncccc23)C[C@@H]2CN(Cc3cccc4c3CNCC4)CCN21. The summed E-state index contributed by atoms with van der Waals surface area (Å²) in [5.41, 5.74) is 7.19. The molecule has 3 aromatic rings. The van der Waals surface area contributed by atoms with E-state index in [0.717, 1.165) is 69.7 Å². The number of benzene rings is 2. The number of fused-ring (bicyclic) bond motifs is 3. The van der Waals surface area contributed by atoms with Crippen molar-refractivity contribution in [2.75, 3.05) is 44.2 Å². The Morgan fingerprint density at radius 1 is 1.09 bits per heavy atom. The fourth-order valence-corrected chi connectivity index (χ4v) is 6.27. The third-order valence-electron chi connectivity index (χ3n) is 7.94. The highest BCUT2D eigenvalue weighted by Gasteiger charge is 2.36. The molecular weight excluding hydrogens is 420 g/mol. The number of anilines is 1. The van der Waals surface area contributed by atoms with Gasteiger partial charge in [-0.25, -0.2) is 0 Å². The maximum Gasteiger partial charge on any atom is 0.101 e. The molecule has 0 amide bonds. The molecule has 0 saturated carbocycles. The molecule has 4 heterocycles. The molecule has 0 bridgehead atoms. The van der Waals surface area contributed by atoms with Crippen molar-refractivity contribution in [1.82, 2.24) is 20.1 Å². The average molecular weight is 453 g/mol. The van der Waals surface area contributed by atoms with E-state index in [1.54, 1.807) is 6.20 Å². The topological polar surface area (TPSA) is 58.4 Å². The van der Waals surface area contributed by atoms with Gasteiger partial charge in [0, 0.05) is 75.2 Å². The third kappa shape index (κ3) is 3.84. The Hall–Kier alpha value is -2.98. The minimum atomic E-state index is 0.497. The van der Waals surface area contributed by atoms with Crippen LogP contribution in [0.2, 0.25) is 0 Å². The van der Waals surface area contributed by atoms with Crippen LogP contribution in [0.3, 0.4) is 0 Å². The summed E-state index contributed by atoms with van der Waals surface area (Å²) >= 11 is 0. The van der Waals surface area contributed by atoms with Gasteiger partial charge in [0.2, 0.25) is 0 Å². The van der Waals surface area contributed by atoms with Crippen LogP contribution in [0, 0.1) is 11.3 Å². The van der Waals surface area contributed by atoms with Crippen molar-refractivity contribution < 1.29 is 0 Å². The summed E-state index contributed by atoms with van der Waals surface area (Å²) in [4.78, 5) is 12.4. The molecule has 2 atom stereocenters. The minimum absolute atomic E-state index is 0.497. The molecule has 0 aliphatic carbocycles. The van der Waals surface area contributed by atoms with Crippen molar-refractivity contribution in [2.45, 2.75) is 38.5 Å². The molecule has 3 aliphatic heterocycles. The standard InChI is InChI=1S/C28H32N6/c1-20-16-33(27-8-7-22(14-29)28-25(27)6-3-10-31-28)19-24-18-32(12-13-34(20)24)17-23-5-2-4-21-9-11-30-15-26(21)23/h2-8,10,20,24,30H,9,11-13,15-19H2,1H3/t20-,24+/m1/s1. The maximum absolute atomic E-state index is 9.54. The lowest BCUT2D eigenvalue weighted by atomic mass is 9.95. The summed E-state index contributed by atoms with van der Waals surface area (Å²) in [6, 6.07) is 18.3. The van der Waals surface area contributed by atoms with E-state index in [4.69, 9.17) is 0 Å². The molecule has 3 aliphatic rings. The zero-order chi connectivity index (χ0) is 23.1. The van der Waals surface area contributed by atoms with Gasteiger partial charge in [-0.05, 0) is 60.8 Å². The molecule has 6 nitrogen and oxygen atoms in total. The van der Waals surface area contributed by atoms with Gasteiger partial charge >= 0.3 is 0 Å². The zero-order valence-corrected chi connectivity index (χ0v) is 19.9. The van der Waals surface area contributed by atoms with E-state index >= 15 is 0 Å². The molecule has 6 heteroatoms. The van der Waals surface area contributed by atoms with Gasteiger partial charge in [-0.1, -0.05) is 18.2 Å². The molecular formula is C28H32N6. The number of piperazine rings is 2. The molecule has 0 spiro atoms. The molecule has 0 radical (unpaired) electrons. The Labute approximate surface area is 201 Å². The second-order valence-electron chi connectivity index (χ2n) is 10.0. The number of nitrogens with zero attached hydrogens (tertiary/aromatic N) is 5. The lowest BCUT2D eigenvalue weighted by Gasteiger charge is -2.51. The molecule has 2 saturated heterocycles. The van der Waals surface area contributed by atoms with Gasteiger partial charge in [0.05, 0.1) is 11.1 Å². The number of hydrogen-bond donors (Lipinski definition) is 1. The van der Waals surface area contributed by atoms with Crippen molar-refractivity contribution in [3.63, 3.8) is 0 Å². The summed E-state index contributed by atoms with van der Waals surface area (Å²) in [7, 11) is 0. The van der Waals surface area contributed by atoms with Gasteiger partial charge in [0.15, 0.2) is 0 Å². The quantitative estimate of drug-likeness (QED) is 0.659. The number of rotatable bonds is 3. The number of hydrogen-bond acceptors (Lipinski definition) is 6. The molecule has 34 heavy (non-hydrogen) atoms. The molecule has 1 N–H and O–H groups in total. The van der Waals surface area contributed by atoms with Gasteiger partial charge in [0.1, 0.15) is 6.07 Å². The van der Waals surface area contributed by atoms with Crippen LogP contribution in [0.15, 0.2) is 48.7 Å². The van der Waals surface area contributed by atoms with Crippen molar-refractivity contribution in [3.8, 4) is 6.07 Å². The monoisotopic (exact) mass is 452 g/mol. The van der Waals surface area contributed by atoms with E-state index in [2.05, 4.69) is 68.3 Å². The van der Waals surface area contributed by atoms with Crippen LogP contribution in [0.5, 0.6) is 0 Å². The molecule has 2 fully saturated rings. The number of nitriles is 1. The fourth-order valence-electron chi connectivity index (χ4n) is 6.27. The van der Waals surface area contributed by atoms with E-state index in [9.17, 15) is 5.26 Å². The minimum Gasteiger partial charge on any atom is -0.368 e. The smallest absolute Gasteiger partial charge is 0.101 e. The van der Waals surface area contributed by atoms with Gasteiger partial charge < -0.3 is 10.2 Å². The zero-order valence-electron chi connectivity index (χ0n) is 19.9. The van der Waals surface area contributed by atoms with Crippen molar-refractivity contribution in [3.05, 3.63) is 70.9 Å². The first-order chi connectivity index (χ1) is 16.7. The van der Waals surface area contributed by atoms with Crippen LogP contribution >= 0.6 is 0 Å². The van der Waals surface area contributed by atoms with Crippen LogP contribution in [0.25, 0.3) is 10.9 Å². The highest BCUT2D eigenvalue weighted by molar-refractivity contribution is 5.95. The van der Waals surface area contributed by atoms with Gasteiger partial charge in [-0.15, -0.1) is 0 Å². The highest BCUT2D eigenvalue weighted by Crippen LogP contribution is 2.32. The molecule has 1 aromatic heterocycles. The summed E-state index contributed by atoms with van der Waals surface area (Å²) in [6.45, 7) is 10.8. The fraction of sp³-hybridized carbons (Fsp3) is 0.429. The molecule has 0 unspecified atom stereocenters. The summed E-state index contributed by atoms with van der Waals surface area (Å²) in [5, 5.41) is 14.2. The van der Waals surface area contributed by atoms with Crippen molar-refractivity contribution >= 4 is 16.6 Å². The Kier molecular flexibility index (Phi) is 5.70. The average Bonchev–Trinajstić information content (AvgIpc) is 2.88. The number of aromatic nitrogens is 1. The second-order valence-corrected chi connectivity index (χ2v) is 10.0. The van der Waals surface area contributed by atoms with Gasteiger partial charge in [-0.2, -0.15) is 5.26 Å². The van der Waals surface area contributed by atoms with Gasteiger partial charge in [0.25, 0.3) is 0 Å². The predicted octanol–water partition coefficient (Wildman–Crippen LogP) is 3.15. The van der Waals surface area contributed by atoms with Crippen LogP contribution in [-0.4, -0.2) is 66.1 Å². The number of nitrogens with one attached hydrogen (secondary N) is 1. The first-order valence-electron chi connectivity index (χ1n) is 12.5. The first kappa shape index (κ1) is 21.5. The predicted molar refractivity (Wildman–Crippen MR) is 136 cm³/mol. The first-order valence-corrected chi connectivity index (χ1v) is 12.5. The van der Waals surface area contributed by atoms with Crippen molar-refractivity contribution in [2.24, 2.45) is 0 Å². The number of pyridine rings is 1. The Morgan fingerprint density at radius 2 is 2.03 bits per heavy atom. The molecule has 2 aromatic carbocycles. The summed E-state index contributed by atoms with van der Waals surface area (Å²) < 4.78 is 0. The van der Waals surface area contributed by atoms with E-state index in [0.29, 0.717) is 17.6 Å². The summed E-state index contributed by atoms with van der Waals surface area (Å²) in [6.07, 6.45) is 2.92.